The highest BCUT2D eigenvalue weighted by molar-refractivity contribution is 5.78. The monoisotopic (exact) mass is 241 g/mol. The fraction of sp³-hybridized carbons (Fsp3) is 0.917. The molecule has 0 unspecified atom stereocenters. The summed E-state index contributed by atoms with van der Waals surface area (Å²) in [5.74, 6) is 0.767. The molecule has 98 valence electrons. The van der Waals surface area contributed by atoms with Crippen LogP contribution in [0.5, 0.6) is 0 Å². The van der Waals surface area contributed by atoms with Crippen LogP contribution in [0.25, 0.3) is 0 Å². The highest BCUT2D eigenvalue weighted by Gasteiger charge is 2.27. The Hall–Kier alpha value is -0.650. The summed E-state index contributed by atoms with van der Waals surface area (Å²) >= 11 is 0. The summed E-state index contributed by atoms with van der Waals surface area (Å²) in [6.07, 6.45) is 1.67. The molecular weight excluding hydrogens is 218 g/mol. The standard InChI is InChI=1S/C12H23N3O2/c1-14-2-4-15(5-3-14)12(17)9-13-8-10-6-11(16)7-10/h10-11,13,16H,2-9H2,1H3. The van der Waals surface area contributed by atoms with Gasteiger partial charge in [0.05, 0.1) is 12.6 Å². The first kappa shape index (κ1) is 12.8. The van der Waals surface area contributed by atoms with E-state index in [0.29, 0.717) is 12.5 Å². The number of carbonyl (C=O) groups is 1. The average Bonchev–Trinajstić information content (AvgIpc) is 2.27. The summed E-state index contributed by atoms with van der Waals surface area (Å²) in [5, 5.41) is 12.3. The van der Waals surface area contributed by atoms with Gasteiger partial charge in [0.1, 0.15) is 0 Å². The van der Waals surface area contributed by atoms with Crippen LogP contribution in [0.15, 0.2) is 0 Å². The average molecular weight is 241 g/mol. The lowest BCUT2D eigenvalue weighted by molar-refractivity contribution is -0.131. The molecule has 2 fully saturated rings. The lowest BCUT2D eigenvalue weighted by Gasteiger charge is -2.33. The van der Waals surface area contributed by atoms with Gasteiger partial charge in [-0.15, -0.1) is 0 Å². The third kappa shape index (κ3) is 3.66. The van der Waals surface area contributed by atoms with Gasteiger partial charge in [-0.2, -0.15) is 0 Å². The van der Waals surface area contributed by atoms with Gasteiger partial charge in [0, 0.05) is 26.2 Å². The van der Waals surface area contributed by atoms with Crippen molar-refractivity contribution in [1.82, 2.24) is 15.1 Å². The largest absolute Gasteiger partial charge is 0.393 e. The zero-order valence-corrected chi connectivity index (χ0v) is 10.6. The number of hydrogen-bond acceptors (Lipinski definition) is 4. The van der Waals surface area contributed by atoms with Crippen LogP contribution in [-0.2, 0) is 4.79 Å². The number of rotatable bonds is 4. The maximum absolute atomic E-state index is 11.9. The molecule has 2 N–H and O–H groups in total. The van der Waals surface area contributed by atoms with Crippen molar-refractivity contribution in [3.8, 4) is 0 Å². The van der Waals surface area contributed by atoms with Crippen molar-refractivity contribution in [2.45, 2.75) is 18.9 Å². The maximum Gasteiger partial charge on any atom is 0.236 e. The van der Waals surface area contributed by atoms with Gasteiger partial charge in [0.25, 0.3) is 0 Å². The molecule has 0 aromatic heterocycles. The van der Waals surface area contributed by atoms with Crippen molar-refractivity contribution in [3.63, 3.8) is 0 Å². The second-order valence-electron chi connectivity index (χ2n) is 5.31. The van der Waals surface area contributed by atoms with Gasteiger partial charge in [-0.3, -0.25) is 4.79 Å². The van der Waals surface area contributed by atoms with Crippen molar-refractivity contribution in [2.24, 2.45) is 5.92 Å². The molecule has 0 bridgehead atoms. The molecule has 1 aliphatic heterocycles. The fourth-order valence-corrected chi connectivity index (χ4v) is 2.42. The number of likely N-dealkylation sites (N-methyl/N-ethyl adjacent to an activating group) is 1. The molecular formula is C12H23N3O2. The lowest BCUT2D eigenvalue weighted by atomic mass is 9.82. The van der Waals surface area contributed by atoms with Crippen molar-refractivity contribution >= 4 is 5.91 Å². The highest BCUT2D eigenvalue weighted by Crippen LogP contribution is 2.25. The van der Waals surface area contributed by atoms with Crippen LogP contribution in [0.3, 0.4) is 0 Å². The minimum atomic E-state index is -0.102. The predicted octanol–water partition coefficient (Wildman–Crippen LogP) is -0.879. The van der Waals surface area contributed by atoms with Crippen molar-refractivity contribution < 1.29 is 9.90 Å². The zero-order valence-electron chi connectivity index (χ0n) is 10.6. The summed E-state index contributed by atoms with van der Waals surface area (Å²) < 4.78 is 0. The van der Waals surface area contributed by atoms with E-state index in [1.165, 1.54) is 0 Å². The molecule has 0 aromatic carbocycles. The number of amides is 1. The van der Waals surface area contributed by atoms with Crippen molar-refractivity contribution in [3.05, 3.63) is 0 Å². The number of carbonyl (C=O) groups excluding carboxylic acids is 1. The van der Waals surface area contributed by atoms with E-state index in [9.17, 15) is 4.79 Å². The molecule has 0 aromatic rings. The Balaban J connectivity index is 1.57. The van der Waals surface area contributed by atoms with Gasteiger partial charge in [-0.25, -0.2) is 0 Å². The van der Waals surface area contributed by atoms with Crippen molar-refractivity contribution in [1.29, 1.82) is 0 Å². The number of hydrogen-bond donors (Lipinski definition) is 2. The van der Waals surface area contributed by atoms with Crippen LogP contribution < -0.4 is 5.32 Å². The Bertz CT molecular complexity index is 258. The third-order valence-corrected chi connectivity index (χ3v) is 3.78. The van der Waals surface area contributed by atoms with Gasteiger partial charge >= 0.3 is 0 Å². The topological polar surface area (TPSA) is 55.8 Å². The summed E-state index contributed by atoms with van der Waals surface area (Å²) in [5.41, 5.74) is 0. The fourth-order valence-electron chi connectivity index (χ4n) is 2.42. The molecule has 5 nitrogen and oxygen atoms in total. The molecule has 1 saturated heterocycles. The second-order valence-corrected chi connectivity index (χ2v) is 5.31. The minimum Gasteiger partial charge on any atom is -0.393 e. The van der Waals surface area contributed by atoms with Gasteiger partial charge in [-0.05, 0) is 32.4 Å². The molecule has 1 amide bonds. The van der Waals surface area contributed by atoms with E-state index >= 15 is 0 Å². The van der Waals surface area contributed by atoms with E-state index in [1.807, 2.05) is 4.90 Å². The lowest BCUT2D eigenvalue weighted by Crippen LogP contribution is -2.50. The second kappa shape index (κ2) is 5.80. The first-order valence-corrected chi connectivity index (χ1v) is 6.50. The molecule has 1 aliphatic carbocycles. The predicted molar refractivity (Wildman–Crippen MR) is 65.7 cm³/mol. The van der Waals surface area contributed by atoms with E-state index in [1.54, 1.807) is 0 Å². The number of aliphatic hydroxyl groups is 1. The Morgan fingerprint density at radius 3 is 2.53 bits per heavy atom. The van der Waals surface area contributed by atoms with Gasteiger partial charge in [-0.1, -0.05) is 0 Å². The SMILES string of the molecule is CN1CCN(C(=O)CNCC2CC(O)C2)CC1. The van der Waals surface area contributed by atoms with E-state index in [0.717, 1.165) is 45.6 Å². The van der Waals surface area contributed by atoms with E-state index < -0.39 is 0 Å². The normalized spacial score (nSPS) is 30.1. The van der Waals surface area contributed by atoms with Gasteiger partial charge < -0.3 is 20.2 Å². The number of nitrogens with zero attached hydrogens (tertiary/aromatic N) is 2. The molecule has 0 radical (unpaired) electrons. The number of aliphatic hydroxyl groups excluding tert-OH is 1. The first-order chi connectivity index (χ1) is 8.15. The van der Waals surface area contributed by atoms with Crippen LogP contribution in [-0.4, -0.2) is 73.2 Å². The quantitative estimate of drug-likeness (QED) is 0.671. The molecule has 1 saturated carbocycles. The van der Waals surface area contributed by atoms with E-state index in [2.05, 4.69) is 17.3 Å². The van der Waals surface area contributed by atoms with Crippen LogP contribution in [0, 0.1) is 5.92 Å². The summed E-state index contributed by atoms with van der Waals surface area (Å²) in [7, 11) is 2.09. The van der Waals surface area contributed by atoms with Gasteiger partial charge in [0.2, 0.25) is 5.91 Å². The number of nitrogens with one attached hydrogen (secondary N) is 1. The van der Waals surface area contributed by atoms with Crippen LogP contribution in [0.4, 0.5) is 0 Å². The maximum atomic E-state index is 11.9. The van der Waals surface area contributed by atoms with Crippen LogP contribution in [0.1, 0.15) is 12.8 Å². The van der Waals surface area contributed by atoms with Crippen LogP contribution in [0.2, 0.25) is 0 Å². The molecule has 2 rings (SSSR count). The van der Waals surface area contributed by atoms with E-state index in [4.69, 9.17) is 5.11 Å². The molecule has 17 heavy (non-hydrogen) atoms. The van der Waals surface area contributed by atoms with Crippen molar-refractivity contribution in [2.75, 3.05) is 46.3 Å². The Morgan fingerprint density at radius 2 is 1.94 bits per heavy atom. The minimum absolute atomic E-state index is 0.102. The summed E-state index contributed by atoms with van der Waals surface area (Å²) in [4.78, 5) is 16.0. The number of piperazine rings is 1. The molecule has 1 heterocycles. The molecule has 0 spiro atoms. The van der Waals surface area contributed by atoms with Crippen LogP contribution >= 0.6 is 0 Å². The third-order valence-electron chi connectivity index (χ3n) is 3.78. The zero-order chi connectivity index (χ0) is 12.3. The smallest absolute Gasteiger partial charge is 0.236 e. The van der Waals surface area contributed by atoms with E-state index in [-0.39, 0.29) is 12.0 Å². The summed E-state index contributed by atoms with van der Waals surface area (Å²) in [6, 6.07) is 0. The molecule has 2 aliphatic rings. The molecule has 5 heteroatoms. The first-order valence-electron chi connectivity index (χ1n) is 6.50. The Morgan fingerprint density at radius 1 is 1.29 bits per heavy atom. The molecule has 0 atom stereocenters. The Labute approximate surface area is 103 Å². The Kier molecular flexibility index (Phi) is 4.36. The summed E-state index contributed by atoms with van der Waals surface area (Å²) in [6.45, 7) is 4.94. The highest BCUT2D eigenvalue weighted by atomic mass is 16.3. The van der Waals surface area contributed by atoms with Gasteiger partial charge in [0.15, 0.2) is 0 Å².